The average Bonchev–Trinajstić information content (AvgIpc) is 2.55. The lowest BCUT2D eigenvalue weighted by Gasteiger charge is -2.25. The highest BCUT2D eigenvalue weighted by molar-refractivity contribution is 5.91. The van der Waals surface area contributed by atoms with Gasteiger partial charge in [-0.3, -0.25) is 4.99 Å². The van der Waals surface area contributed by atoms with Gasteiger partial charge in [-0.15, -0.1) is 0 Å². The second-order valence-corrected chi connectivity index (χ2v) is 2.90. The predicted octanol–water partition coefficient (Wildman–Crippen LogP) is 0.539. The third-order valence-electron chi connectivity index (χ3n) is 2.28. The molecular formula is C8H16N2O. The van der Waals surface area contributed by atoms with Crippen LogP contribution in [0, 0.1) is 0 Å². The Kier molecular flexibility index (Phi) is 2.49. The molecule has 3 heteroatoms. The molecule has 0 atom stereocenters. The van der Waals surface area contributed by atoms with Crippen LogP contribution in [-0.4, -0.2) is 29.6 Å². The Balaban J connectivity index is 2.67. The zero-order valence-corrected chi connectivity index (χ0v) is 7.22. The van der Waals surface area contributed by atoms with Crippen molar-refractivity contribution < 1.29 is 5.11 Å². The first-order valence-corrected chi connectivity index (χ1v) is 4.24. The average molecular weight is 156 g/mol. The molecule has 0 aliphatic carbocycles. The van der Waals surface area contributed by atoms with Crippen molar-refractivity contribution in [3.05, 3.63) is 0 Å². The number of rotatable bonds is 3. The van der Waals surface area contributed by atoms with E-state index in [1.165, 1.54) is 0 Å². The van der Waals surface area contributed by atoms with E-state index >= 15 is 0 Å². The van der Waals surface area contributed by atoms with Gasteiger partial charge in [0, 0.05) is 6.54 Å². The third-order valence-corrected chi connectivity index (χ3v) is 2.28. The predicted molar refractivity (Wildman–Crippen MR) is 45.8 cm³/mol. The van der Waals surface area contributed by atoms with Crippen LogP contribution in [0.4, 0.5) is 0 Å². The molecule has 0 unspecified atom stereocenters. The van der Waals surface area contributed by atoms with Gasteiger partial charge in [-0.1, -0.05) is 13.8 Å². The Bertz CT molecular complexity index is 161. The molecule has 11 heavy (non-hydrogen) atoms. The number of nitrogens with one attached hydrogen (secondary N) is 1. The first-order valence-electron chi connectivity index (χ1n) is 4.24. The van der Waals surface area contributed by atoms with E-state index in [0.717, 1.165) is 31.8 Å². The Morgan fingerprint density at radius 1 is 1.55 bits per heavy atom. The number of hydrogen-bond acceptors (Lipinski definition) is 3. The van der Waals surface area contributed by atoms with Gasteiger partial charge in [-0.25, -0.2) is 0 Å². The van der Waals surface area contributed by atoms with Crippen LogP contribution in [-0.2, 0) is 0 Å². The molecule has 1 heterocycles. The van der Waals surface area contributed by atoms with Gasteiger partial charge >= 0.3 is 0 Å². The SMILES string of the molecule is CCC(O)(CC)C1=NCCN1. The molecule has 0 saturated heterocycles. The second kappa shape index (κ2) is 3.22. The van der Waals surface area contributed by atoms with Crippen molar-refractivity contribution in [1.29, 1.82) is 0 Å². The van der Waals surface area contributed by atoms with E-state index in [1.807, 2.05) is 13.8 Å². The summed E-state index contributed by atoms with van der Waals surface area (Å²) in [5.41, 5.74) is -0.698. The molecule has 0 radical (unpaired) electrons. The molecular weight excluding hydrogens is 140 g/mol. The molecule has 0 saturated carbocycles. The van der Waals surface area contributed by atoms with Crippen molar-refractivity contribution in [3.63, 3.8) is 0 Å². The molecule has 0 aromatic rings. The summed E-state index contributed by atoms with van der Waals surface area (Å²) in [6, 6.07) is 0. The number of nitrogens with zero attached hydrogens (tertiary/aromatic N) is 1. The summed E-state index contributed by atoms with van der Waals surface area (Å²) in [6.07, 6.45) is 1.46. The molecule has 1 rings (SSSR count). The van der Waals surface area contributed by atoms with E-state index in [2.05, 4.69) is 10.3 Å². The van der Waals surface area contributed by atoms with Gasteiger partial charge in [0.05, 0.1) is 6.54 Å². The van der Waals surface area contributed by atoms with Crippen LogP contribution in [0.3, 0.4) is 0 Å². The summed E-state index contributed by atoms with van der Waals surface area (Å²) in [6.45, 7) is 5.63. The van der Waals surface area contributed by atoms with Crippen LogP contribution in [0.5, 0.6) is 0 Å². The largest absolute Gasteiger partial charge is 0.382 e. The smallest absolute Gasteiger partial charge is 0.129 e. The van der Waals surface area contributed by atoms with E-state index < -0.39 is 5.60 Å². The Labute approximate surface area is 67.5 Å². The van der Waals surface area contributed by atoms with Gasteiger partial charge in [-0.2, -0.15) is 0 Å². The van der Waals surface area contributed by atoms with Crippen molar-refractivity contribution in [2.24, 2.45) is 4.99 Å². The standard InChI is InChI=1S/C8H16N2O/c1-3-8(11,4-2)7-9-5-6-10-7/h11H,3-6H2,1-2H3,(H,9,10). The quantitative estimate of drug-likeness (QED) is 0.626. The zero-order chi connectivity index (χ0) is 8.32. The highest BCUT2D eigenvalue weighted by atomic mass is 16.3. The van der Waals surface area contributed by atoms with E-state index in [1.54, 1.807) is 0 Å². The van der Waals surface area contributed by atoms with Crippen molar-refractivity contribution >= 4 is 5.84 Å². The summed E-state index contributed by atoms with van der Waals surface area (Å²) in [5.74, 6) is 0.780. The Morgan fingerprint density at radius 2 is 2.18 bits per heavy atom. The maximum atomic E-state index is 9.94. The second-order valence-electron chi connectivity index (χ2n) is 2.90. The molecule has 0 amide bonds. The monoisotopic (exact) mass is 156 g/mol. The minimum absolute atomic E-state index is 0.698. The molecule has 0 fully saturated rings. The van der Waals surface area contributed by atoms with E-state index in [4.69, 9.17) is 0 Å². The van der Waals surface area contributed by atoms with E-state index in [-0.39, 0.29) is 0 Å². The normalized spacial score (nSPS) is 17.9. The maximum Gasteiger partial charge on any atom is 0.129 e. The van der Waals surface area contributed by atoms with Crippen molar-refractivity contribution in [3.8, 4) is 0 Å². The Hall–Kier alpha value is -0.570. The minimum Gasteiger partial charge on any atom is -0.382 e. The summed E-state index contributed by atoms with van der Waals surface area (Å²) in [5, 5.41) is 13.0. The fourth-order valence-corrected chi connectivity index (χ4v) is 1.29. The summed E-state index contributed by atoms with van der Waals surface area (Å²) < 4.78 is 0. The van der Waals surface area contributed by atoms with E-state index in [9.17, 15) is 5.11 Å². The number of aliphatic imine (C=N–C) groups is 1. The molecule has 1 aliphatic rings. The topological polar surface area (TPSA) is 44.6 Å². The first-order chi connectivity index (χ1) is 5.23. The molecule has 0 aromatic carbocycles. The van der Waals surface area contributed by atoms with Gasteiger partial charge in [-0.05, 0) is 12.8 Å². The first kappa shape index (κ1) is 8.53. The molecule has 0 bridgehead atoms. The van der Waals surface area contributed by atoms with Crippen LogP contribution in [0.1, 0.15) is 26.7 Å². The van der Waals surface area contributed by atoms with Gasteiger partial charge in [0.2, 0.25) is 0 Å². The minimum atomic E-state index is -0.698. The number of amidine groups is 1. The van der Waals surface area contributed by atoms with Crippen LogP contribution in [0.15, 0.2) is 4.99 Å². The third kappa shape index (κ3) is 1.53. The lowest BCUT2D eigenvalue weighted by atomic mass is 9.96. The molecule has 3 nitrogen and oxygen atoms in total. The highest BCUT2D eigenvalue weighted by Crippen LogP contribution is 2.16. The highest BCUT2D eigenvalue weighted by Gasteiger charge is 2.30. The van der Waals surface area contributed by atoms with E-state index in [0.29, 0.717) is 0 Å². The van der Waals surface area contributed by atoms with Crippen LogP contribution < -0.4 is 5.32 Å². The molecule has 64 valence electrons. The fourth-order valence-electron chi connectivity index (χ4n) is 1.29. The zero-order valence-electron chi connectivity index (χ0n) is 7.22. The van der Waals surface area contributed by atoms with Gasteiger partial charge in [0.15, 0.2) is 0 Å². The lowest BCUT2D eigenvalue weighted by molar-refractivity contribution is 0.101. The molecule has 0 spiro atoms. The van der Waals surface area contributed by atoms with Gasteiger partial charge in [0.1, 0.15) is 11.4 Å². The summed E-state index contributed by atoms with van der Waals surface area (Å²) in [4.78, 5) is 4.20. The van der Waals surface area contributed by atoms with Crippen LogP contribution in [0.2, 0.25) is 0 Å². The van der Waals surface area contributed by atoms with Crippen LogP contribution in [0.25, 0.3) is 0 Å². The lowest BCUT2D eigenvalue weighted by Crippen LogP contribution is -2.43. The summed E-state index contributed by atoms with van der Waals surface area (Å²) >= 11 is 0. The van der Waals surface area contributed by atoms with Gasteiger partial charge < -0.3 is 10.4 Å². The van der Waals surface area contributed by atoms with Gasteiger partial charge in [0.25, 0.3) is 0 Å². The maximum absolute atomic E-state index is 9.94. The van der Waals surface area contributed by atoms with Crippen molar-refractivity contribution in [1.82, 2.24) is 5.32 Å². The Morgan fingerprint density at radius 3 is 2.55 bits per heavy atom. The number of hydrogen-bond donors (Lipinski definition) is 2. The molecule has 2 N–H and O–H groups in total. The van der Waals surface area contributed by atoms with Crippen molar-refractivity contribution in [2.75, 3.05) is 13.1 Å². The molecule has 0 aromatic heterocycles. The fraction of sp³-hybridized carbons (Fsp3) is 0.875. The molecule has 1 aliphatic heterocycles. The summed E-state index contributed by atoms with van der Waals surface area (Å²) in [7, 11) is 0. The van der Waals surface area contributed by atoms with Crippen LogP contribution >= 0.6 is 0 Å². The number of aliphatic hydroxyl groups is 1. The van der Waals surface area contributed by atoms with Crippen molar-refractivity contribution in [2.45, 2.75) is 32.3 Å².